The Morgan fingerprint density at radius 2 is 2.00 bits per heavy atom. The van der Waals surface area contributed by atoms with Gasteiger partial charge in [-0.1, -0.05) is 11.6 Å². The summed E-state index contributed by atoms with van der Waals surface area (Å²) in [6.45, 7) is 11.0. The SMILES string of the molecule is CCNC(=NCc1c(C)nn(C)c1C)NCCCOc1ccc(Cl)cc1C.I. The van der Waals surface area contributed by atoms with Crippen molar-refractivity contribution in [1.82, 2.24) is 20.4 Å². The summed E-state index contributed by atoms with van der Waals surface area (Å²) in [5.41, 5.74) is 4.41. The predicted octanol–water partition coefficient (Wildman–Crippen LogP) is 4.14. The zero-order chi connectivity index (χ0) is 19.8. The third-order valence-corrected chi connectivity index (χ3v) is 4.64. The molecule has 0 saturated heterocycles. The van der Waals surface area contributed by atoms with E-state index in [1.807, 2.05) is 43.8 Å². The molecule has 0 spiro atoms. The number of ether oxygens (including phenoxy) is 1. The van der Waals surface area contributed by atoms with E-state index < -0.39 is 0 Å². The molecule has 0 aliphatic rings. The van der Waals surface area contributed by atoms with Crippen LogP contribution in [0.5, 0.6) is 5.75 Å². The van der Waals surface area contributed by atoms with Crippen LogP contribution in [-0.2, 0) is 13.6 Å². The zero-order valence-electron chi connectivity index (χ0n) is 17.3. The lowest BCUT2D eigenvalue weighted by molar-refractivity contribution is 0.309. The zero-order valence-corrected chi connectivity index (χ0v) is 20.4. The summed E-state index contributed by atoms with van der Waals surface area (Å²) in [4.78, 5) is 4.68. The average Bonchev–Trinajstić information content (AvgIpc) is 2.86. The fourth-order valence-corrected chi connectivity index (χ4v) is 3.01. The molecule has 2 aromatic rings. The van der Waals surface area contributed by atoms with E-state index in [1.165, 1.54) is 5.56 Å². The van der Waals surface area contributed by atoms with E-state index in [0.29, 0.717) is 13.2 Å². The fourth-order valence-electron chi connectivity index (χ4n) is 2.78. The van der Waals surface area contributed by atoms with E-state index >= 15 is 0 Å². The number of aryl methyl sites for hydroxylation is 3. The first kappa shape index (κ1) is 24.6. The molecular formula is C20H31ClIN5O. The Bertz CT molecular complexity index is 791. The van der Waals surface area contributed by atoms with Crippen molar-refractivity contribution in [1.29, 1.82) is 0 Å². The van der Waals surface area contributed by atoms with Crippen LogP contribution in [0.25, 0.3) is 0 Å². The van der Waals surface area contributed by atoms with Gasteiger partial charge in [0.25, 0.3) is 0 Å². The van der Waals surface area contributed by atoms with Gasteiger partial charge in [0.1, 0.15) is 5.75 Å². The van der Waals surface area contributed by atoms with Crippen LogP contribution in [0.1, 0.15) is 35.9 Å². The molecule has 1 heterocycles. The Morgan fingerprint density at radius 3 is 2.61 bits per heavy atom. The molecule has 0 aliphatic heterocycles. The molecule has 1 aromatic heterocycles. The Hall–Kier alpha value is -1.48. The summed E-state index contributed by atoms with van der Waals surface area (Å²) < 4.78 is 7.73. The van der Waals surface area contributed by atoms with Crippen LogP contribution in [0.3, 0.4) is 0 Å². The van der Waals surface area contributed by atoms with Gasteiger partial charge in [-0.15, -0.1) is 24.0 Å². The largest absolute Gasteiger partial charge is 0.493 e. The van der Waals surface area contributed by atoms with Gasteiger partial charge in [0.2, 0.25) is 0 Å². The predicted molar refractivity (Wildman–Crippen MR) is 127 cm³/mol. The van der Waals surface area contributed by atoms with Crippen LogP contribution in [0.2, 0.25) is 5.02 Å². The molecule has 0 amide bonds. The van der Waals surface area contributed by atoms with Crippen LogP contribution in [0, 0.1) is 20.8 Å². The number of benzene rings is 1. The van der Waals surface area contributed by atoms with Crippen molar-refractivity contribution in [3.05, 3.63) is 45.7 Å². The normalized spacial score (nSPS) is 11.1. The van der Waals surface area contributed by atoms with Crippen LogP contribution in [0.15, 0.2) is 23.2 Å². The van der Waals surface area contributed by atoms with E-state index in [2.05, 4.69) is 34.6 Å². The molecule has 2 rings (SSSR count). The minimum atomic E-state index is 0. The monoisotopic (exact) mass is 519 g/mol. The Balaban J connectivity index is 0.00000392. The molecular weight excluding hydrogens is 489 g/mol. The quantitative estimate of drug-likeness (QED) is 0.238. The number of halogens is 2. The molecule has 0 bridgehead atoms. The summed E-state index contributed by atoms with van der Waals surface area (Å²) in [5, 5.41) is 11.8. The van der Waals surface area contributed by atoms with E-state index in [4.69, 9.17) is 16.3 Å². The summed E-state index contributed by atoms with van der Waals surface area (Å²) in [6, 6.07) is 5.67. The third-order valence-electron chi connectivity index (χ3n) is 4.41. The van der Waals surface area contributed by atoms with Crippen molar-refractivity contribution in [3.63, 3.8) is 0 Å². The fraction of sp³-hybridized carbons (Fsp3) is 0.500. The number of aromatic nitrogens is 2. The number of nitrogens with one attached hydrogen (secondary N) is 2. The maximum Gasteiger partial charge on any atom is 0.191 e. The Labute approximate surface area is 190 Å². The number of rotatable bonds is 8. The molecule has 156 valence electrons. The molecule has 1 aromatic carbocycles. The van der Waals surface area contributed by atoms with Gasteiger partial charge in [0.15, 0.2) is 5.96 Å². The second kappa shape index (κ2) is 12.2. The van der Waals surface area contributed by atoms with Gasteiger partial charge >= 0.3 is 0 Å². The van der Waals surface area contributed by atoms with Gasteiger partial charge in [0.05, 0.1) is 18.8 Å². The second-order valence-electron chi connectivity index (χ2n) is 6.51. The Kier molecular flexibility index (Phi) is 10.7. The molecule has 0 radical (unpaired) electrons. The molecule has 0 unspecified atom stereocenters. The van der Waals surface area contributed by atoms with Crippen molar-refractivity contribution in [3.8, 4) is 5.75 Å². The number of aliphatic imine (C=N–C) groups is 1. The van der Waals surface area contributed by atoms with E-state index in [9.17, 15) is 0 Å². The number of guanidine groups is 1. The van der Waals surface area contributed by atoms with Crippen molar-refractivity contribution < 1.29 is 4.74 Å². The standard InChI is InChI=1S/C20H30ClN5O.HI/c1-6-22-20(24-13-18-15(3)25-26(5)16(18)4)23-10-7-11-27-19-9-8-17(21)12-14(19)2;/h8-9,12H,6-7,10-11,13H2,1-5H3,(H2,22,23,24);1H. The minimum absolute atomic E-state index is 0. The molecule has 2 N–H and O–H groups in total. The molecule has 0 aliphatic carbocycles. The summed E-state index contributed by atoms with van der Waals surface area (Å²) in [5.74, 6) is 1.69. The lowest BCUT2D eigenvalue weighted by atomic mass is 10.2. The van der Waals surface area contributed by atoms with Crippen LogP contribution >= 0.6 is 35.6 Å². The van der Waals surface area contributed by atoms with Gasteiger partial charge in [-0.05, 0) is 57.9 Å². The van der Waals surface area contributed by atoms with E-state index in [0.717, 1.165) is 53.2 Å². The minimum Gasteiger partial charge on any atom is -0.493 e. The van der Waals surface area contributed by atoms with Gasteiger partial charge in [-0.2, -0.15) is 5.10 Å². The highest BCUT2D eigenvalue weighted by Crippen LogP contribution is 2.21. The van der Waals surface area contributed by atoms with E-state index in [1.54, 1.807) is 0 Å². The highest BCUT2D eigenvalue weighted by molar-refractivity contribution is 14.0. The molecule has 28 heavy (non-hydrogen) atoms. The lowest BCUT2D eigenvalue weighted by Gasteiger charge is -2.12. The van der Waals surface area contributed by atoms with Gasteiger partial charge in [-0.25, -0.2) is 4.99 Å². The smallest absolute Gasteiger partial charge is 0.191 e. The van der Waals surface area contributed by atoms with Crippen LogP contribution in [0.4, 0.5) is 0 Å². The average molecular weight is 520 g/mol. The summed E-state index contributed by atoms with van der Waals surface area (Å²) in [6.07, 6.45) is 0.872. The topological polar surface area (TPSA) is 63.5 Å². The van der Waals surface area contributed by atoms with E-state index in [-0.39, 0.29) is 24.0 Å². The maximum absolute atomic E-state index is 5.97. The first-order valence-corrected chi connectivity index (χ1v) is 9.70. The lowest BCUT2D eigenvalue weighted by Crippen LogP contribution is -2.38. The van der Waals surface area contributed by atoms with Crippen LogP contribution in [-0.4, -0.2) is 35.4 Å². The van der Waals surface area contributed by atoms with Crippen molar-refractivity contribution >= 4 is 41.5 Å². The van der Waals surface area contributed by atoms with Crippen LogP contribution < -0.4 is 15.4 Å². The van der Waals surface area contributed by atoms with Crippen molar-refractivity contribution in [2.75, 3.05) is 19.7 Å². The molecule has 0 fully saturated rings. The van der Waals surface area contributed by atoms with Crippen molar-refractivity contribution in [2.45, 2.75) is 40.7 Å². The summed E-state index contributed by atoms with van der Waals surface area (Å²) in [7, 11) is 1.96. The number of hydrogen-bond acceptors (Lipinski definition) is 3. The second-order valence-corrected chi connectivity index (χ2v) is 6.94. The molecule has 8 heteroatoms. The first-order valence-electron chi connectivity index (χ1n) is 9.32. The number of nitrogens with zero attached hydrogens (tertiary/aromatic N) is 3. The first-order chi connectivity index (χ1) is 12.9. The molecule has 0 saturated carbocycles. The number of hydrogen-bond donors (Lipinski definition) is 2. The van der Waals surface area contributed by atoms with Gasteiger partial charge in [0, 0.05) is 36.4 Å². The molecule has 6 nitrogen and oxygen atoms in total. The molecule has 0 atom stereocenters. The van der Waals surface area contributed by atoms with Gasteiger partial charge in [-0.3, -0.25) is 4.68 Å². The Morgan fingerprint density at radius 1 is 1.25 bits per heavy atom. The maximum atomic E-state index is 5.97. The highest BCUT2D eigenvalue weighted by Gasteiger charge is 2.09. The van der Waals surface area contributed by atoms with Crippen molar-refractivity contribution in [2.24, 2.45) is 12.0 Å². The third kappa shape index (κ3) is 7.16. The highest BCUT2D eigenvalue weighted by atomic mass is 127. The van der Waals surface area contributed by atoms with Gasteiger partial charge < -0.3 is 15.4 Å². The summed E-state index contributed by atoms with van der Waals surface area (Å²) >= 11 is 5.97.